The van der Waals surface area contributed by atoms with Gasteiger partial charge in [-0.05, 0) is 6.42 Å². The van der Waals surface area contributed by atoms with Gasteiger partial charge in [0.2, 0.25) is 0 Å². The van der Waals surface area contributed by atoms with Gasteiger partial charge in [-0.25, -0.2) is 29.1 Å². The standard InChI is InChI=1S/C28H40N7O14PS/c1-3-4-7-43-8-9-44-28(40)45-15-51-50(41,49-22-17(11-36)48-26(23(22)42-2)34-6-5-19(38)33-27(34)39)46-12-18-16(37)10-20(47-18)35-14-32-21-24(29)30-13-31-25(21)35/h5-6,13-14,16-18,20,22-23,26,36-37H,3-4,7-12,15H2,1-2H3,(H2,29,30,31)(H,33,38,39)/t16?,17-,18-,20-,22?,23?,26-,50?/m1/s1. The Morgan fingerprint density at radius 3 is 2.71 bits per heavy atom. The summed E-state index contributed by atoms with van der Waals surface area (Å²) in [5.74, 6) is -0.401. The van der Waals surface area contributed by atoms with E-state index in [0.717, 1.165) is 23.5 Å². The first kappa shape index (κ1) is 38.8. The zero-order chi connectivity index (χ0) is 36.5. The van der Waals surface area contributed by atoms with Gasteiger partial charge in [-0.15, -0.1) is 0 Å². The topological polar surface area (TPSA) is 273 Å². The van der Waals surface area contributed by atoms with E-state index >= 15 is 0 Å². The number of nitrogen functional groups attached to an aromatic ring is 1. The van der Waals surface area contributed by atoms with Gasteiger partial charge >= 0.3 is 18.6 Å². The van der Waals surface area contributed by atoms with Crippen molar-refractivity contribution in [3.8, 4) is 0 Å². The third-order valence-corrected chi connectivity index (χ3v) is 11.2. The number of methoxy groups -OCH3 is 1. The number of fused-ring (bicyclic) bond motifs is 1. The van der Waals surface area contributed by atoms with E-state index in [0.29, 0.717) is 29.2 Å². The van der Waals surface area contributed by atoms with Crippen LogP contribution < -0.4 is 17.0 Å². The first-order valence-electron chi connectivity index (χ1n) is 15.9. The molecule has 51 heavy (non-hydrogen) atoms. The Morgan fingerprint density at radius 1 is 1.14 bits per heavy atom. The summed E-state index contributed by atoms with van der Waals surface area (Å²) in [6.45, 7) is -2.92. The molecule has 0 amide bonds. The van der Waals surface area contributed by atoms with Crippen molar-refractivity contribution >= 4 is 41.3 Å². The van der Waals surface area contributed by atoms with Gasteiger partial charge in [0.15, 0.2) is 23.6 Å². The summed E-state index contributed by atoms with van der Waals surface area (Å²) in [4.78, 5) is 50.8. The second-order valence-electron chi connectivity index (χ2n) is 11.2. The van der Waals surface area contributed by atoms with Crippen molar-refractivity contribution < 1.29 is 57.0 Å². The van der Waals surface area contributed by atoms with Gasteiger partial charge in [-0.1, -0.05) is 13.3 Å². The number of aromatic amines is 1. The lowest BCUT2D eigenvalue weighted by atomic mass is 10.1. The molecule has 2 saturated heterocycles. The molecule has 2 fully saturated rings. The number of aliphatic hydroxyl groups excluding tert-OH is 2. The number of nitrogens with zero attached hydrogens (tertiary/aromatic N) is 5. The normalized spacial score (nSPS) is 26.0. The molecule has 0 bridgehead atoms. The second kappa shape index (κ2) is 17.9. The van der Waals surface area contributed by atoms with E-state index in [-0.39, 0.29) is 25.5 Å². The number of hydrogen-bond acceptors (Lipinski definition) is 19. The average Bonchev–Trinajstić information content (AvgIpc) is 3.80. The van der Waals surface area contributed by atoms with E-state index in [2.05, 4.69) is 19.9 Å². The van der Waals surface area contributed by atoms with Crippen LogP contribution in [-0.2, 0) is 42.0 Å². The Labute approximate surface area is 293 Å². The fourth-order valence-corrected chi connectivity index (χ4v) is 8.12. The van der Waals surface area contributed by atoms with Crippen molar-refractivity contribution in [3.05, 3.63) is 45.8 Å². The van der Waals surface area contributed by atoms with Crippen LogP contribution in [0.2, 0.25) is 0 Å². The summed E-state index contributed by atoms with van der Waals surface area (Å²) < 4.78 is 61.5. The summed E-state index contributed by atoms with van der Waals surface area (Å²) in [6.07, 6.45) is -3.06. The molecule has 0 aromatic carbocycles. The first-order chi connectivity index (χ1) is 24.6. The lowest BCUT2D eigenvalue weighted by Gasteiger charge is -2.27. The highest BCUT2D eigenvalue weighted by Gasteiger charge is 2.51. The molecule has 0 radical (unpaired) electrons. The van der Waals surface area contributed by atoms with Gasteiger partial charge < -0.3 is 44.4 Å². The van der Waals surface area contributed by atoms with Crippen molar-refractivity contribution in [2.24, 2.45) is 0 Å². The zero-order valence-corrected chi connectivity index (χ0v) is 29.4. The molecule has 21 nitrogen and oxygen atoms in total. The lowest BCUT2D eigenvalue weighted by molar-refractivity contribution is -0.0625. The van der Waals surface area contributed by atoms with Gasteiger partial charge in [0, 0.05) is 43.8 Å². The van der Waals surface area contributed by atoms with Crippen LogP contribution in [0.3, 0.4) is 0 Å². The molecule has 0 aliphatic carbocycles. The largest absolute Gasteiger partial charge is 0.509 e. The van der Waals surface area contributed by atoms with Crippen molar-refractivity contribution in [2.45, 2.75) is 69.2 Å². The maximum atomic E-state index is 14.3. The van der Waals surface area contributed by atoms with Crippen LogP contribution in [0, 0.1) is 0 Å². The molecule has 3 aromatic heterocycles. The van der Waals surface area contributed by atoms with E-state index < -0.39 is 86.3 Å². The summed E-state index contributed by atoms with van der Waals surface area (Å²) in [6, 6.07) is 1.09. The average molecular weight is 762 g/mol. The van der Waals surface area contributed by atoms with Gasteiger partial charge in [0.25, 0.3) is 5.56 Å². The van der Waals surface area contributed by atoms with Crippen LogP contribution in [0.1, 0.15) is 38.6 Å². The number of H-pyrrole nitrogens is 1. The maximum absolute atomic E-state index is 14.3. The Morgan fingerprint density at radius 2 is 1.96 bits per heavy atom. The van der Waals surface area contributed by atoms with E-state index in [9.17, 15) is 29.2 Å². The Kier molecular flexibility index (Phi) is 13.6. The number of carbonyl (C=O) groups excluding carboxylic acids is 1. The highest BCUT2D eigenvalue weighted by molar-refractivity contribution is 8.55. The molecule has 23 heteroatoms. The predicted molar refractivity (Wildman–Crippen MR) is 176 cm³/mol. The number of nitrogens with one attached hydrogen (secondary N) is 1. The minimum Gasteiger partial charge on any atom is -0.432 e. The van der Waals surface area contributed by atoms with Gasteiger partial charge in [0.05, 0.1) is 32.3 Å². The van der Waals surface area contributed by atoms with Crippen molar-refractivity contribution in [1.82, 2.24) is 29.1 Å². The van der Waals surface area contributed by atoms with Gasteiger partial charge in [0.1, 0.15) is 49.1 Å². The predicted octanol–water partition coefficient (Wildman–Crippen LogP) is 0.682. The summed E-state index contributed by atoms with van der Waals surface area (Å²) in [5.41, 5.74) is 5.14. The summed E-state index contributed by atoms with van der Waals surface area (Å²) >= 11 is 0.468. The minimum absolute atomic E-state index is 0.0700. The first-order valence-corrected chi connectivity index (χ1v) is 19.0. The Balaban J connectivity index is 1.29. The number of nitrogens with two attached hydrogens (primary N) is 1. The van der Waals surface area contributed by atoms with Crippen LogP contribution in [0.5, 0.6) is 0 Å². The number of unbranched alkanes of at least 4 members (excludes halogenated alkanes) is 1. The molecule has 5 heterocycles. The molecule has 8 atom stereocenters. The summed E-state index contributed by atoms with van der Waals surface area (Å²) in [5, 5.41) is 21.0. The maximum Gasteiger partial charge on any atom is 0.509 e. The molecule has 0 saturated carbocycles. The van der Waals surface area contributed by atoms with Crippen molar-refractivity contribution in [2.75, 3.05) is 51.8 Å². The number of hydrogen-bond donors (Lipinski definition) is 4. The Hall–Kier alpha value is -3.44. The second-order valence-corrected chi connectivity index (χ2v) is 15.2. The minimum atomic E-state index is -4.42. The fraction of sp³-hybridized carbons (Fsp3) is 0.643. The highest BCUT2D eigenvalue weighted by atomic mass is 32.7. The number of imidazole rings is 1. The highest BCUT2D eigenvalue weighted by Crippen LogP contribution is 2.63. The quantitative estimate of drug-likeness (QED) is 0.0600. The molecule has 3 aromatic rings. The van der Waals surface area contributed by atoms with Crippen molar-refractivity contribution in [3.63, 3.8) is 0 Å². The number of anilines is 1. The molecule has 5 N–H and O–H groups in total. The molecule has 0 spiro atoms. The molecule has 4 unspecified atom stereocenters. The number of carbonyl (C=O) groups is 1. The number of aromatic nitrogens is 6. The van der Waals surface area contributed by atoms with Gasteiger partial charge in [-0.2, -0.15) is 0 Å². The molecule has 282 valence electrons. The third kappa shape index (κ3) is 9.52. The lowest BCUT2D eigenvalue weighted by Crippen LogP contribution is -2.39. The Bertz CT molecular complexity index is 1780. The zero-order valence-electron chi connectivity index (χ0n) is 27.7. The molecule has 2 aliphatic rings. The van der Waals surface area contributed by atoms with Crippen molar-refractivity contribution in [1.29, 1.82) is 0 Å². The summed E-state index contributed by atoms with van der Waals surface area (Å²) in [7, 11) is 1.28. The van der Waals surface area contributed by atoms with E-state index in [1.807, 2.05) is 6.92 Å². The monoisotopic (exact) mass is 761 g/mol. The number of aliphatic hydroxyl groups is 2. The van der Waals surface area contributed by atoms with E-state index in [4.69, 9.17) is 43.2 Å². The fourth-order valence-electron chi connectivity index (χ4n) is 5.33. The molecule has 2 aliphatic heterocycles. The SMILES string of the molecule is CCCCOCCOC(=O)OCSP(=O)(OC[C@H]1O[C@@H](n2cnc3c(N)ncnc32)CC1O)OC1C(OC)[C@H](n2ccc(=O)[nH]c2=O)O[C@@H]1CO. The molecular weight excluding hydrogens is 721 g/mol. The van der Waals surface area contributed by atoms with Crippen LogP contribution >= 0.6 is 18.2 Å². The number of ether oxygens (including phenoxy) is 6. The van der Waals surface area contributed by atoms with Crippen LogP contribution in [-0.4, -0.2) is 122 Å². The van der Waals surface area contributed by atoms with Crippen LogP contribution in [0.4, 0.5) is 10.6 Å². The van der Waals surface area contributed by atoms with Crippen LogP contribution in [0.25, 0.3) is 11.2 Å². The van der Waals surface area contributed by atoms with Gasteiger partial charge in [-0.3, -0.25) is 28.0 Å². The molecular formula is C28H40N7O14PS. The van der Waals surface area contributed by atoms with E-state index in [1.165, 1.54) is 26.0 Å². The molecule has 5 rings (SSSR count). The van der Waals surface area contributed by atoms with E-state index in [1.54, 1.807) is 4.57 Å². The third-order valence-electron chi connectivity index (χ3n) is 7.89. The van der Waals surface area contributed by atoms with Crippen LogP contribution in [0.15, 0.2) is 34.5 Å². The number of rotatable bonds is 18. The smallest absolute Gasteiger partial charge is 0.432 e.